The molecule has 0 saturated carbocycles. The summed E-state index contributed by atoms with van der Waals surface area (Å²) in [6, 6.07) is 3.82. The molecule has 1 amide bonds. The lowest BCUT2D eigenvalue weighted by molar-refractivity contribution is 0.0649. The Hall–Kier alpha value is -3.08. The molecule has 3 aromatic heterocycles. The molecule has 1 atom stereocenters. The zero-order chi connectivity index (χ0) is 19.4. The Balaban J connectivity index is 1.65. The van der Waals surface area contributed by atoms with Gasteiger partial charge in [0.1, 0.15) is 5.52 Å². The number of carbonyl (C=O) groups is 1. The van der Waals surface area contributed by atoms with E-state index in [1.54, 1.807) is 30.4 Å². The monoisotopic (exact) mass is 445 g/mol. The average Bonchev–Trinajstić information content (AvgIpc) is 3.38. The number of hydrogen-bond acceptors (Lipinski definition) is 6. The molecule has 4 aromatic rings. The molecule has 4 heterocycles. The second-order valence-corrected chi connectivity index (χ2v) is 7.09. The van der Waals surface area contributed by atoms with Gasteiger partial charge in [-0.2, -0.15) is 4.98 Å². The molecule has 1 aliphatic heterocycles. The highest BCUT2D eigenvalue weighted by molar-refractivity contribution is 9.10. The van der Waals surface area contributed by atoms with Crippen LogP contribution >= 0.6 is 15.9 Å². The molecule has 0 bridgehead atoms. The first kappa shape index (κ1) is 17.0. The first-order chi connectivity index (χ1) is 13.5. The third kappa shape index (κ3) is 2.53. The lowest BCUT2D eigenvalue weighted by Crippen LogP contribution is -2.42. The van der Waals surface area contributed by atoms with E-state index in [9.17, 15) is 9.18 Å². The molecule has 0 radical (unpaired) electrons. The minimum atomic E-state index is -0.704. The molecule has 28 heavy (non-hydrogen) atoms. The van der Waals surface area contributed by atoms with E-state index in [0.717, 1.165) is 5.69 Å². The Bertz CT molecular complexity index is 1210. The number of halogens is 2. The fraction of sp³-hybridized carbons (Fsp3) is 0.235. The van der Waals surface area contributed by atoms with Crippen LogP contribution < -0.4 is 0 Å². The van der Waals surface area contributed by atoms with Gasteiger partial charge in [-0.3, -0.25) is 4.79 Å². The van der Waals surface area contributed by atoms with Crippen molar-refractivity contribution in [1.29, 1.82) is 0 Å². The molecule has 1 aliphatic rings. The van der Waals surface area contributed by atoms with Gasteiger partial charge in [0.2, 0.25) is 16.4 Å². The van der Waals surface area contributed by atoms with Gasteiger partial charge < -0.3 is 14.3 Å². The number of fused-ring (bicyclic) bond motifs is 2. The molecule has 1 N–H and O–H groups in total. The third-order valence-electron chi connectivity index (χ3n) is 4.73. The summed E-state index contributed by atoms with van der Waals surface area (Å²) in [4.78, 5) is 30.8. The van der Waals surface area contributed by atoms with Crippen LogP contribution in [-0.2, 0) is 13.5 Å². The van der Waals surface area contributed by atoms with Gasteiger partial charge in [0, 0.05) is 25.7 Å². The van der Waals surface area contributed by atoms with Crippen molar-refractivity contribution in [2.24, 2.45) is 7.05 Å². The molecular weight excluding hydrogens is 433 g/mol. The van der Waals surface area contributed by atoms with Crippen LogP contribution in [0.5, 0.6) is 0 Å². The number of hydrogen-bond donors (Lipinski definition) is 1. The quantitative estimate of drug-likeness (QED) is 0.507. The summed E-state index contributed by atoms with van der Waals surface area (Å²) < 4.78 is 21.6. The number of nitrogens with zero attached hydrogens (tertiary/aromatic N) is 6. The molecule has 9 nitrogen and oxygen atoms in total. The first-order valence-corrected chi connectivity index (χ1v) is 9.27. The maximum atomic E-state index is 14.1. The fourth-order valence-electron chi connectivity index (χ4n) is 3.46. The normalized spacial score (nSPS) is 16.5. The number of imidazole rings is 1. The summed E-state index contributed by atoms with van der Waals surface area (Å²) in [5.41, 5.74) is 1.93. The zero-order valence-electron chi connectivity index (χ0n) is 14.6. The summed E-state index contributed by atoms with van der Waals surface area (Å²) in [5.74, 6) is -0.493. The Labute approximate surface area is 165 Å². The van der Waals surface area contributed by atoms with E-state index >= 15 is 0 Å². The van der Waals surface area contributed by atoms with Gasteiger partial charge in [-0.25, -0.2) is 19.0 Å². The molecule has 0 aliphatic carbocycles. The maximum Gasteiger partial charge on any atom is 0.292 e. The fourth-order valence-corrected chi connectivity index (χ4v) is 3.87. The van der Waals surface area contributed by atoms with Crippen LogP contribution in [0.3, 0.4) is 0 Å². The van der Waals surface area contributed by atoms with Gasteiger partial charge in [0.05, 0.1) is 12.0 Å². The molecule has 1 aromatic carbocycles. The van der Waals surface area contributed by atoms with Crippen molar-refractivity contribution in [3.8, 4) is 0 Å². The number of rotatable bonds is 2. The number of amides is 1. The summed E-state index contributed by atoms with van der Waals surface area (Å²) in [6.07, 6.45) is 2.15. The van der Waals surface area contributed by atoms with Crippen LogP contribution in [0.25, 0.3) is 11.1 Å². The van der Waals surface area contributed by atoms with Crippen LogP contribution in [0.1, 0.15) is 33.9 Å². The Morgan fingerprint density at radius 2 is 2.25 bits per heavy atom. The van der Waals surface area contributed by atoms with E-state index < -0.39 is 11.9 Å². The van der Waals surface area contributed by atoms with Crippen molar-refractivity contribution < 1.29 is 13.6 Å². The predicted octanol–water partition coefficient (Wildman–Crippen LogP) is 2.37. The first-order valence-electron chi connectivity index (χ1n) is 8.47. The van der Waals surface area contributed by atoms with Crippen molar-refractivity contribution in [3.63, 3.8) is 0 Å². The molecule has 0 unspecified atom stereocenters. The van der Waals surface area contributed by atoms with E-state index in [0.29, 0.717) is 28.9 Å². The van der Waals surface area contributed by atoms with Crippen LogP contribution in [0.15, 0.2) is 33.7 Å². The molecule has 11 heteroatoms. The van der Waals surface area contributed by atoms with E-state index in [1.807, 2.05) is 0 Å². The standard InChI is InChI=1S/C17H13BrFN7O2/c1-25-14(23-17(18)24-25)16(27)26-6-5-9-11(21-7-20-9)12(26)15-22-10-4-2-3-8(19)13(10)28-15/h2-4,7,12H,5-6H2,1H3,(H,20,21)/t12-/m0/s1. The summed E-state index contributed by atoms with van der Waals surface area (Å²) in [6.45, 7) is 0.393. The average molecular weight is 446 g/mol. The van der Waals surface area contributed by atoms with Crippen molar-refractivity contribution in [2.45, 2.75) is 12.5 Å². The second-order valence-electron chi connectivity index (χ2n) is 6.39. The van der Waals surface area contributed by atoms with Gasteiger partial charge in [-0.15, -0.1) is 5.10 Å². The minimum absolute atomic E-state index is 0.0500. The molecule has 5 rings (SSSR count). The number of aryl methyl sites for hydroxylation is 1. The van der Waals surface area contributed by atoms with Crippen molar-refractivity contribution in [1.82, 2.24) is 34.6 Å². The molecule has 0 spiro atoms. The van der Waals surface area contributed by atoms with Gasteiger partial charge in [-0.1, -0.05) is 6.07 Å². The van der Waals surface area contributed by atoms with Crippen LogP contribution in [0.4, 0.5) is 4.39 Å². The number of aromatic nitrogens is 6. The number of aromatic amines is 1. The lowest BCUT2D eigenvalue weighted by Gasteiger charge is -2.32. The Morgan fingerprint density at radius 1 is 1.39 bits per heavy atom. The minimum Gasteiger partial charge on any atom is -0.435 e. The highest BCUT2D eigenvalue weighted by Gasteiger charge is 2.39. The molecule has 0 saturated heterocycles. The van der Waals surface area contributed by atoms with Gasteiger partial charge in [-0.05, 0) is 28.1 Å². The largest absolute Gasteiger partial charge is 0.435 e. The lowest BCUT2D eigenvalue weighted by atomic mass is 10.0. The van der Waals surface area contributed by atoms with E-state index in [-0.39, 0.29) is 23.2 Å². The zero-order valence-corrected chi connectivity index (χ0v) is 16.1. The topological polar surface area (TPSA) is 106 Å². The Morgan fingerprint density at radius 3 is 3.00 bits per heavy atom. The maximum absolute atomic E-state index is 14.1. The smallest absolute Gasteiger partial charge is 0.292 e. The van der Waals surface area contributed by atoms with Crippen molar-refractivity contribution >= 4 is 32.9 Å². The summed E-state index contributed by atoms with van der Waals surface area (Å²) in [5, 5.41) is 4.07. The SMILES string of the molecule is Cn1nc(Br)nc1C(=O)N1CCc2[nH]cnc2[C@H]1c1nc2cccc(F)c2o1. The van der Waals surface area contributed by atoms with Gasteiger partial charge in [0.15, 0.2) is 17.4 Å². The second kappa shape index (κ2) is 6.23. The number of benzene rings is 1. The van der Waals surface area contributed by atoms with Crippen LogP contribution in [0.2, 0.25) is 0 Å². The van der Waals surface area contributed by atoms with Gasteiger partial charge in [0.25, 0.3) is 5.91 Å². The van der Waals surface area contributed by atoms with Crippen molar-refractivity contribution in [3.05, 3.63) is 58.2 Å². The predicted molar refractivity (Wildman–Crippen MR) is 97.8 cm³/mol. The number of carbonyl (C=O) groups excluding carboxylic acids is 1. The van der Waals surface area contributed by atoms with E-state index in [4.69, 9.17) is 4.42 Å². The molecule has 0 fully saturated rings. The third-order valence-corrected chi connectivity index (χ3v) is 5.07. The number of para-hydroxylation sites is 1. The number of oxazole rings is 1. The van der Waals surface area contributed by atoms with Crippen LogP contribution in [-0.4, -0.2) is 47.1 Å². The number of nitrogens with one attached hydrogen (secondary N) is 1. The summed E-state index contributed by atoms with van der Waals surface area (Å²) in [7, 11) is 1.64. The summed E-state index contributed by atoms with van der Waals surface area (Å²) >= 11 is 3.18. The number of H-pyrrole nitrogens is 1. The van der Waals surface area contributed by atoms with Crippen LogP contribution in [0, 0.1) is 5.82 Å². The molecule has 142 valence electrons. The van der Waals surface area contributed by atoms with Crippen molar-refractivity contribution in [2.75, 3.05) is 6.54 Å². The highest BCUT2D eigenvalue weighted by Crippen LogP contribution is 2.35. The van der Waals surface area contributed by atoms with E-state index in [1.165, 1.54) is 10.7 Å². The van der Waals surface area contributed by atoms with E-state index in [2.05, 4.69) is 41.0 Å². The molecular formula is C17H13BrFN7O2. The Kier molecular flexibility index (Phi) is 3.79. The highest BCUT2D eigenvalue weighted by atomic mass is 79.9. The van der Waals surface area contributed by atoms with Gasteiger partial charge >= 0.3 is 0 Å².